The molecule has 2 N–H and O–H groups in total. The Kier molecular flexibility index (Phi) is 4.79. The Bertz CT molecular complexity index is 542. The molecule has 1 aromatic heterocycles. The molecule has 1 amide bonds. The zero-order valence-corrected chi connectivity index (χ0v) is 11.9. The second kappa shape index (κ2) is 6.57. The summed E-state index contributed by atoms with van der Waals surface area (Å²) in [6, 6.07) is 10.2. The highest BCUT2D eigenvalue weighted by molar-refractivity contribution is 5.85. The highest BCUT2D eigenvalue weighted by atomic mass is 35.5. The number of imidazole rings is 1. The van der Waals surface area contributed by atoms with Crippen molar-refractivity contribution in [2.45, 2.75) is 18.8 Å². The van der Waals surface area contributed by atoms with Crippen molar-refractivity contribution >= 4 is 18.3 Å². The predicted octanol–water partition coefficient (Wildman–Crippen LogP) is 2.29. The van der Waals surface area contributed by atoms with E-state index in [2.05, 4.69) is 27.4 Å². The molecule has 1 aliphatic rings. The number of H-pyrrole nitrogens is 1. The Balaban J connectivity index is 0.00000147. The van der Waals surface area contributed by atoms with Crippen molar-refractivity contribution in [1.82, 2.24) is 15.3 Å². The highest BCUT2D eigenvalue weighted by Crippen LogP contribution is 2.46. The number of nitrogens with zero attached hydrogens (tertiary/aromatic N) is 1. The zero-order chi connectivity index (χ0) is 13.1. The van der Waals surface area contributed by atoms with Crippen molar-refractivity contribution in [3.05, 3.63) is 54.1 Å². The van der Waals surface area contributed by atoms with E-state index in [4.69, 9.17) is 0 Å². The molecule has 1 aliphatic carbocycles. The summed E-state index contributed by atoms with van der Waals surface area (Å²) in [5.74, 6) is 0.617. The van der Waals surface area contributed by atoms with E-state index < -0.39 is 0 Å². The van der Waals surface area contributed by atoms with Crippen LogP contribution in [0.4, 0.5) is 0 Å². The number of hydrogen-bond acceptors (Lipinski definition) is 2. The highest BCUT2D eigenvalue weighted by Gasteiger charge is 2.44. The standard InChI is InChI=1S/C15H17N3O.ClH/c19-15(13-8-12(13)14-9-16-10-18-14)17-7-6-11-4-2-1-3-5-11;/h1-5,9-10,12-13H,6-8H2,(H,16,18)(H,17,19);1H/t12-,13?;/m0./s1. The van der Waals surface area contributed by atoms with E-state index in [9.17, 15) is 4.79 Å². The number of rotatable bonds is 5. The van der Waals surface area contributed by atoms with Crippen molar-refractivity contribution in [2.75, 3.05) is 6.54 Å². The van der Waals surface area contributed by atoms with Crippen molar-refractivity contribution in [2.24, 2.45) is 5.92 Å². The SMILES string of the molecule is Cl.O=C(NCCc1ccccc1)C1C[C@@H]1c1cnc[nH]1. The van der Waals surface area contributed by atoms with Crippen molar-refractivity contribution < 1.29 is 4.79 Å². The maximum atomic E-state index is 12.0. The third-order valence-corrected chi connectivity index (χ3v) is 3.60. The molecule has 20 heavy (non-hydrogen) atoms. The van der Waals surface area contributed by atoms with Gasteiger partial charge in [-0.3, -0.25) is 4.79 Å². The number of hydrogen-bond donors (Lipinski definition) is 2. The van der Waals surface area contributed by atoms with Gasteiger partial charge in [-0.2, -0.15) is 0 Å². The molecule has 1 aromatic carbocycles. The lowest BCUT2D eigenvalue weighted by molar-refractivity contribution is -0.122. The molecule has 0 aliphatic heterocycles. The van der Waals surface area contributed by atoms with Crippen molar-refractivity contribution in [3.8, 4) is 0 Å². The number of benzene rings is 1. The second-order valence-corrected chi connectivity index (χ2v) is 4.98. The minimum Gasteiger partial charge on any atom is -0.356 e. The summed E-state index contributed by atoms with van der Waals surface area (Å²) in [6.07, 6.45) is 5.29. The number of aromatic amines is 1. The number of carbonyl (C=O) groups excluding carboxylic acids is 1. The van der Waals surface area contributed by atoms with Gasteiger partial charge in [-0.25, -0.2) is 4.98 Å². The van der Waals surface area contributed by atoms with Gasteiger partial charge in [0.25, 0.3) is 0 Å². The van der Waals surface area contributed by atoms with E-state index in [1.165, 1.54) is 5.56 Å². The fourth-order valence-corrected chi connectivity index (χ4v) is 2.40. The monoisotopic (exact) mass is 291 g/mol. The molecular weight excluding hydrogens is 274 g/mol. The number of nitrogens with one attached hydrogen (secondary N) is 2. The first-order valence-electron chi connectivity index (χ1n) is 6.64. The van der Waals surface area contributed by atoms with Gasteiger partial charge in [-0.1, -0.05) is 30.3 Å². The summed E-state index contributed by atoms with van der Waals surface area (Å²) >= 11 is 0. The van der Waals surface area contributed by atoms with E-state index in [-0.39, 0.29) is 24.2 Å². The largest absolute Gasteiger partial charge is 0.356 e. The Morgan fingerprint density at radius 1 is 1.35 bits per heavy atom. The average molecular weight is 292 g/mol. The van der Waals surface area contributed by atoms with Crippen LogP contribution in [0.3, 0.4) is 0 Å². The third kappa shape index (κ3) is 3.39. The summed E-state index contributed by atoms with van der Waals surface area (Å²) in [6.45, 7) is 0.703. The molecule has 0 saturated heterocycles. The van der Waals surface area contributed by atoms with Gasteiger partial charge in [0.2, 0.25) is 5.91 Å². The van der Waals surface area contributed by atoms with Gasteiger partial charge in [0.1, 0.15) is 0 Å². The molecule has 3 rings (SSSR count). The van der Waals surface area contributed by atoms with Crippen LogP contribution in [-0.2, 0) is 11.2 Å². The zero-order valence-electron chi connectivity index (χ0n) is 11.1. The predicted molar refractivity (Wildman–Crippen MR) is 79.8 cm³/mol. The summed E-state index contributed by atoms with van der Waals surface area (Å²) < 4.78 is 0. The minimum atomic E-state index is 0. The van der Waals surface area contributed by atoms with Crippen LogP contribution in [-0.4, -0.2) is 22.4 Å². The Hall–Kier alpha value is -1.81. The number of carbonyl (C=O) groups is 1. The van der Waals surface area contributed by atoms with Crippen LogP contribution >= 0.6 is 12.4 Å². The lowest BCUT2D eigenvalue weighted by Crippen LogP contribution is -2.27. The molecule has 0 bridgehead atoms. The van der Waals surface area contributed by atoms with E-state index >= 15 is 0 Å². The summed E-state index contributed by atoms with van der Waals surface area (Å²) in [7, 11) is 0. The molecule has 0 spiro atoms. The van der Waals surface area contributed by atoms with Gasteiger partial charge < -0.3 is 10.3 Å². The van der Waals surface area contributed by atoms with Gasteiger partial charge in [-0.15, -0.1) is 12.4 Å². The first-order valence-corrected chi connectivity index (χ1v) is 6.64. The van der Waals surface area contributed by atoms with E-state index in [0.29, 0.717) is 12.5 Å². The van der Waals surface area contributed by atoms with Crippen LogP contribution in [0, 0.1) is 5.92 Å². The molecule has 1 saturated carbocycles. The van der Waals surface area contributed by atoms with Crippen LogP contribution in [0.25, 0.3) is 0 Å². The normalized spacial score (nSPS) is 20.0. The maximum Gasteiger partial charge on any atom is 0.223 e. The minimum absolute atomic E-state index is 0. The van der Waals surface area contributed by atoms with Gasteiger partial charge >= 0.3 is 0 Å². The van der Waals surface area contributed by atoms with Crippen LogP contribution in [0.5, 0.6) is 0 Å². The number of halogens is 1. The molecule has 5 heteroatoms. The Morgan fingerprint density at radius 2 is 2.15 bits per heavy atom. The molecule has 2 atom stereocenters. The Morgan fingerprint density at radius 3 is 2.85 bits per heavy atom. The fraction of sp³-hybridized carbons (Fsp3) is 0.333. The van der Waals surface area contributed by atoms with Crippen LogP contribution in [0.15, 0.2) is 42.9 Å². The number of amides is 1. The average Bonchev–Trinajstić information content (AvgIpc) is 3.06. The molecule has 1 unspecified atom stereocenters. The third-order valence-electron chi connectivity index (χ3n) is 3.60. The van der Waals surface area contributed by atoms with E-state index in [1.807, 2.05) is 24.4 Å². The first-order chi connectivity index (χ1) is 9.34. The molecule has 0 radical (unpaired) electrons. The van der Waals surface area contributed by atoms with E-state index in [1.54, 1.807) is 6.33 Å². The molecule has 1 fully saturated rings. The van der Waals surface area contributed by atoms with Crippen LogP contribution in [0.1, 0.15) is 23.6 Å². The van der Waals surface area contributed by atoms with Gasteiger partial charge in [-0.05, 0) is 18.4 Å². The van der Waals surface area contributed by atoms with E-state index in [0.717, 1.165) is 18.5 Å². The van der Waals surface area contributed by atoms with Crippen molar-refractivity contribution in [1.29, 1.82) is 0 Å². The summed E-state index contributed by atoms with van der Waals surface area (Å²) in [5.41, 5.74) is 2.33. The molecule has 1 heterocycles. The molecule has 4 nitrogen and oxygen atoms in total. The molecular formula is C15H18ClN3O. The lowest BCUT2D eigenvalue weighted by atomic mass is 10.1. The summed E-state index contributed by atoms with van der Waals surface area (Å²) in [5, 5.41) is 3.01. The van der Waals surface area contributed by atoms with Gasteiger partial charge in [0.05, 0.1) is 6.33 Å². The fourth-order valence-electron chi connectivity index (χ4n) is 2.40. The maximum absolute atomic E-state index is 12.0. The Labute approximate surface area is 124 Å². The lowest BCUT2D eigenvalue weighted by Gasteiger charge is -2.04. The number of aromatic nitrogens is 2. The smallest absolute Gasteiger partial charge is 0.223 e. The second-order valence-electron chi connectivity index (χ2n) is 4.98. The van der Waals surface area contributed by atoms with Crippen LogP contribution < -0.4 is 5.32 Å². The quantitative estimate of drug-likeness (QED) is 0.888. The van der Waals surface area contributed by atoms with Crippen molar-refractivity contribution in [3.63, 3.8) is 0 Å². The molecule has 2 aromatic rings. The van der Waals surface area contributed by atoms with Gasteiger partial charge in [0.15, 0.2) is 0 Å². The van der Waals surface area contributed by atoms with Gasteiger partial charge in [0, 0.05) is 30.3 Å². The topological polar surface area (TPSA) is 57.8 Å². The summed E-state index contributed by atoms with van der Waals surface area (Å²) in [4.78, 5) is 19.0. The first kappa shape index (κ1) is 14.6. The molecule has 106 valence electrons. The van der Waals surface area contributed by atoms with Crippen LogP contribution in [0.2, 0.25) is 0 Å².